The van der Waals surface area contributed by atoms with Crippen LogP contribution < -0.4 is 15.9 Å². The Kier molecular flexibility index (Phi) is 4.81. The Labute approximate surface area is 151 Å². The van der Waals surface area contributed by atoms with E-state index in [4.69, 9.17) is 21.1 Å². The van der Waals surface area contributed by atoms with E-state index in [0.29, 0.717) is 5.69 Å². The highest BCUT2D eigenvalue weighted by atomic mass is 16.5. The third-order valence-corrected chi connectivity index (χ3v) is 3.90. The number of nitriles is 1. The summed E-state index contributed by atoms with van der Waals surface area (Å²) in [5.74, 6) is 0.453. The summed E-state index contributed by atoms with van der Waals surface area (Å²) >= 11 is 0. The number of hydrogen-bond donors (Lipinski definition) is 3. The van der Waals surface area contributed by atoms with Gasteiger partial charge in [0.15, 0.2) is 5.84 Å². The molecule has 3 aromatic rings. The monoisotopic (exact) mass is 343 g/mol. The number of anilines is 1. The number of amidine groups is 1. The first-order valence-electron chi connectivity index (χ1n) is 7.87. The van der Waals surface area contributed by atoms with Crippen LogP contribution in [0.25, 0.3) is 21.9 Å². The lowest BCUT2D eigenvalue weighted by atomic mass is 10.0. The van der Waals surface area contributed by atoms with Crippen LogP contribution in [-0.4, -0.2) is 18.7 Å². The average Bonchev–Trinajstić information content (AvgIpc) is 2.67. The van der Waals surface area contributed by atoms with Gasteiger partial charge in [-0.2, -0.15) is 10.4 Å². The van der Waals surface area contributed by atoms with Gasteiger partial charge in [0.05, 0.1) is 12.8 Å². The number of ether oxygens (including phenoxy) is 1. The summed E-state index contributed by atoms with van der Waals surface area (Å²) in [6.45, 7) is 0. The number of rotatable bonds is 5. The van der Waals surface area contributed by atoms with E-state index in [1.807, 2.05) is 48.5 Å². The Morgan fingerprint density at radius 3 is 2.54 bits per heavy atom. The number of benzene rings is 3. The van der Waals surface area contributed by atoms with Gasteiger partial charge in [-0.05, 0) is 52.2 Å². The normalized spacial score (nSPS) is 11.0. The largest absolute Gasteiger partial charge is 0.497 e. The molecular formula is C20H17N5O. The standard InChI is InChI=1S/C20H17N5O/c1-26-18-8-7-15-9-14(5-6-16(15)11-18)13-3-2-4-17(10-13)24-25-19(12-21)20(22)23/h2-11,24H,1H3,(H3,22,23)/b25-19+. The lowest BCUT2D eigenvalue weighted by Crippen LogP contribution is -2.21. The number of methoxy groups -OCH3 is 1. The Hall–Kier alpha value is -3.85. The van der Waals surface area contributed by atoms with Crippen molar-refractivity contribution in [2.75, 3.05) is 12.5 Å². The molecule has 0 radical (unpaired) electrons. The van der Waals surface area contributed by atoms with Crippen LogP contribution in [0, 0.1) is 16.7 Å². The van der Waals surface area contributed by atoms with Crippen LogP contribution in [0.5, 0.6) is 5.75 Å². The zero-order valence-electron chi connectivity index (χ0n) is 14.2. The highest BCUT2D eigenvalue weighted by molar-refractivity contribution is 6.45. The highest BCUT2D eigenvalue weighted by Gasteiger charge is 2.04. The van der Waals surface area contributed by atoms with Crippen molar-refractivity contribution in [2.45, 2.75) is 0 Å². The molecule has 0 aliphatic rings. The van der Waals surface area contributed by atoms with E-state index in [9.17, 15) is 0 Å². The van der Waals surface area contributed by atoms with Crippen LogP contribution in [0.3, 0.4) is 0 Å². The van der Waals surface area contributed by atoms with Gasteiger partial charge in [-0.3, -0.25) is 10.8 Å². The molecule has 26 heavy (non-hydrogen) atoms. The molecule has 0 aliphatic heterocycles. The minimum atomic E-state index is -0.374. The maximum atomic E-state index is 8.89. The molecule has 0 unspecified atom stereocenters. The van der Waals surface area contributed by atoms with Crippen molar-refractivity contribution in [1.82, 2.24) is 0 Å². The van der Waals surface area contributed by atoms with E-state index >= 15 is 0 Å². The average molecular weight is 343 g/mol. The second-order valence-electron chi connectivity index (χ2n) is 5.61. The van der Waals surface area contributed by atoms with Gasteiger partial charge < -0.3 is 10.5 Å². The maximum absolute atomic E-state index is 8.89. The predicted octanol–water partition coefficient (Wildman–Crippen LogP) is 3.74. The van der Waals surface area contributed by atoms with Crippen molar-refractivity contribution in [2.24, 2.45) is 10.8 Å². The van der Waals surface area contributed by atoms with Gasteiger partial charge in [0, 0.05) is 0 Å². The van der Waals surface area contributed by atoms with E-state index in [2.05, 4.69) is 22.7 Å². The van der Waals surface area contributed by atoms with Gasteiger partial charge in [0.25, 0.3) is 0 Å². The van der Waals surface area contributed by atoms with Crippen molar-refractivity contribution in [1.29, 1.82) is 10.7 Å². The molecule has 3 rings (SSSR count). The Balaban J connectivity index is 1.91. The number of nitrogens with zero attached hydrogens (tertiary/aromatic N) is 2. The number of nitrogens with one attached hydrogen (secondary N) is 2. The van der Waals surface area contributed by atoms with Gasteiger partial charge in [0.1, 0.15) is 11.8 Å². The minimum absolute atomic E-state index is 0.157. The fraction of sp³-hybridized carbons (Fsp3) is 0.0500. The molecule has 0 aliphatic carbocycles. The molecule has 0 spiro atoms. The van der Waals surface area contributed by atoms with Crippen LogP contribution >= 0.6 is 0 Å². The molecule has 0 atom stereocenters. The van der Waals surface area contributed by atoms with Crippen molar-refractivity contribution in [3.8, 4) is 22.9 Å². The van der Waals surface area contributed by atoms with Gasteiger partial charge in [-0.15, -0.1) is 0 Å². The summed E-state index contributed by atoms with van der Waals surface area (Å²) in [4.78, 5) is 0. The molecule has 0 amide bonds. The molecule has 6 nitrogen and oxygen atoms in total. The number of hydrogen-bond acceptors (Lipinski definition) is 5. The van der Waals surface area contributed by atoms with Crippen molar-refractivity contribution >= 4 is 28.0 Å². The molecule has 6 heteroatoms. The van der Waals surface area contributed by atoms with Gasteiger partial charge in [-0.1, -0.05) is 30.3 Å². The Bertz CT molecular complexity index is 1050. The fourth-order valence-electron chi connectivity index (χ4n) is 2.56. The first kappa shape index (κ1) is 17.0. The molecule has 0 bridgehead atoms. The third kappa shape index (κ3) is 3.62. The van der Waals surface area contributed by atoms with E-state index in [1.165, 1.54) is 0 Å². The topological polar surface area (TPSA) is 107 Å². The van der Waals surface area contributed by atoms with Gasteiger partial charge >= 0.3 is 0 Å². The van der Waals surface area contributed by atoms with Crippen LogP contribution in [0.4, 0.5) is 5.69 Å². The SMILES string of the molecule is COc1ccc2cc(-c3cccc(N/N=C(\C#N)C(=N)N)c3)ccc2c1. The van der Waals surface area contributed by atoms with Crippen molar-refractivity contribution in [3.63, 3.8) is 0 Å². The summed E-state index contributed by atoms with van der Waals surface area (Å²) in [6, 6.07) is 21.6. The van der Waals surface area contributed by atoms with Crippen molar-refractivity contribution in [3.05, 3.63) is 60.7 Å². The molecule has 0 aromatic heterocycles. The van der Waals surface area contributed by atoms with E-state index in [-0.39, 0.29) is 11.5 Å². The van der Waals surface area contributed by atoms with Crippen molar-refractivity contribution < 1.29 is 4.74 Å². The molecule has 0 heterocycles. The van der Waals surface area contributed by atoms with Crippen LogP contribution in [0.1, 0.15) is 0 Å². The van der Waals surface area contributed by atoms with E-state index in [1.54, 1.807) is 13.2 Å². The third-order valence-electron chi connectivity index (χ3n) is 3.90. The Morgan fingerprint density at radius 1 is 1.08 bits per heavy atom. The van der Waals surface area contributed by atoms with Crippen LogP contribution in [0.2, 0.25) is 0 Å². The second-order valence-corrected chi connectivity index (χ2v) is 5.61. The molecule has 3 aromatic carbocycles. The van der Waals surface area contributed by atoms with Crippen LogP contribution in [-0.2, 0) is 0 Å². The van der Waals surface area contributed by atoms with E-state index in [0.717, 1.165) is 27.6 Å². The Morgan fingerprint density at radius 2 is 1.81 bits per heavy atom. The number of hydrazone groups is 1. The van der Waals surface area contributed by atoms with E-state index < -0.39 is 0 Å². The summed E-state index contributed by atoms with van der Waals surface area (Å²) in [7, 11) is 1.65. The molecule has 4 N–H and O–H groups in total. The molecule has 128 valence electrons. The quantitative estimate of drug-likeness (QED) is 0.372. The fourth-order valence-corrected chi connectivity index (χ4v) is 2.56. The smallest absolute Gasteiger partial charge is 0.201 e. The summed E-state index contributed by atoms with van der Waals surface area (Å²) in [6.07, 6.45) is 0. The van der Waals surface area contributed by atoms with Gasteiger partial charge in [-0.25, -0.2) is 0 Å². The lowest BCUT2D eigenvalue weighted by molar-refractivity contribution is 0.415. The molecule has 0 saturated carbocycles. The predicted molar refractivity (Wildman–Crippen MR) is 105 cm³/mol. The van der Waals surface area contributed by atoms with Gasteiger partial charge in [0.2, 0.25) is 5.71 Å². The lowest BCUT2D eigenvalue weighted by Gasteiger charge is -2.08. The summed E-state index contributed by atoms with van der Waals surface area (Å²) < 4.78 is 5.26. The zero-order valence-corrected chi connectivity index (χ0v) is 14.2. The first-order chi connectivity index (χ1) is 12.6. The minimum Gasteiger partial charge on any atom is -0.497 e. The molecule has 0 saturated heterocycles. The zero-order chi connectivity index (χ0) is 18.5. The summed E-state index contributed by atoms with van der Waals surface area (Å²) in [5, 5.41) is 22.2. The molecule has 0 fully saturated rings. The first-order valence-corrected chi connectivity index (χ1v) is 7.87. The number of fused-ring (bicyclic) bond motifs is 1. The van der Waals surface area contributed by atoms with Crippen LogP contribution in [0.15, 0.2) is 65.8 Å². The summed E-state index contributed by atoms with van der Waals surface area (Å²) in [5.41, 5.74) is 10.7. The second kappa shape index (κ2) is 7.36. The molecular weight excluding hydrogens is 326 g/mol. The maximum Gasteiger partial charge on any atom is 0.201 e. The highest BCUT2D eigenvalue weighted by Crippen LogP contribution is 2.28. The number of nitrogens with two attached hydrogens (primary N) is 1.